The fourth-order valence-electron chi connectivity index (χ4n) is 2.12. The van der Waals surface area contributed by atoms with Crippen LogP contribution in [-0.4, -0.2) is 32.7 Å². The molecule has 1 heterocycles. The van der Waals surface area contributed by atoms with E-state index >= 15 is 0 Å². The number of amidine groups is 1. The summed E-state index contributed by atoms with van der Waals surface area (Å²) >= 11 is 6.31. The van der Waals surface area contributed by atoms with E-state index in [1.165, 1.54) is 0 Å². The number of aliphatic imine (C=N–C) groups is 2. The van der Waals surface area contributed by atoms with Gasteiger partial charge in [0.2, 0.25) is 0 Å². The molecule has 0 spiro atoms. The van der Waals surface area contributed by atoms with E-state index < -0.39 is 0 Å². The molecule has 1 aromatic carbocycles. The topological polar surface area (TPSA) is 28.0 Å². The van der Waals surface area contributed by atoms with Crippen LogP contribution in [0, 0.1) is 0 Å². The summed E-state index contributed by atoms with van der Waals surface area (Å²) in [6.45, 7) is 0.994. The number of hydrogen-bond acceptors (Lipinski definition) is 2. The third kappa shape index (κ3) is 2.50. The van der Waals surface area contributed by atoms with Crippen molar-refractivity contribution in [1.82, 2.24) is 0 Å². The summed E-state index contributed by atoms with van der Waals surface area (Å²) in [5.41, 5.74) is 2.06. The Hall–Kier alpha value is -1.35. The zero-order valence-corrected chi connectivity index (χ0v) is 10.9. The van der Waals surface area contributed by atoms with Gasteiger partial charge in [0.1, 0.15) is 5.84 Å². The molecule has 0 amide bonds. The molecule has 1 saturated heterocycles. The molecule has 0 aliphatic carbocycles. The molecule has 1 aliphatic heterocycles. The fourth-order valence-corrected chi connectivity index (χ4v) is 2.41. The molecule has 0 aromatic heterocycles. The third-order valence-electron chi connectivity index (χ3n) is 2.89. The van der Waals surface area contributed by atoms with E-state index in [1.54, 1.807) is 13.3 Å². The van der Waals surface area contributed by atoms with Gasteiger partial charge in [-0.05, 0) is 24.1 Å². The molecule has 2 rings (SSSR count). The lowest BCUT2D eigenvalue weighted by Crippen LogP contribution is -2.24. The average molecular weight is 250 g/mol. The monoisotopic (exact) mass is 249 g/mol. The van der Waals surface area contributed by atoms with Gasteiger partial charge in [0.05, 0.1) is 10.7 Å². The SMILES string of the molecule is CN=Cc1ccc(N2CCCC2=NC)c(Cl)c1. The van der Waals surface area contributed by atoms with Crippen LogP contribution in [0.2, 0.25) is 5.02 Å². The van der Waals surface area contributed by atoms with E-state index in [2.05, 4.69) is 14.9 Å². The van der Waals surface area contributed by atoms with Crippen molar-refractivity contribution in [2.24, 2.45) is 9.98 Å². The highest BCUT2D eigenvalue weighted by Gasteiger charge is 2.21. The van der Waals surface area contributed by atoms with Crippen LogP contribution in [0.4, 0.5) is 5.69 Å². The van der Waals surface area contributed by atoms with Crippen LogP contribution in [0.5, 0.6) is 0 Å². The number of hydrogen-bond donors (Lipinski definition) is 0. The molecule has 3 nitrogen and oxygen atoms in total. The van der Waals surface area contributed by atoms with E-state index in [1.807, 2.05) is 25.2 Å². The molecule has 0 radical (unpaired) electrons. The van der Waals surface area contributed by atoms with Gasteiger partial charge in [0, 0.05) is 33.3 Å². The minimum absolute atomic E-state index is 0.755. The molecule has 0 saturated carbocycles. The number of anilines is 1. The van der Waals surface area contributed by atoms with Crippen LogP contribution in [0.1, 0.15) is 18.4 Å². The lowest BCUT2D eigenvalue weighted by molar-refractivity contribution is 0.956. The van der Waals surface area contributed by atoms with Gasteiger partial charge in [0.25, 0.3) is 0 Å². The van der Waals surface area contributed by atoms with Crippen molar-refractivity contribution in [2.75, 3.05) is 25.5 Å². The van der Waals surface area contributed by atoms with Crippen LogP contribution in [-0.2, 0) is 0 Å². The summed E-state index contributed by atoms with van der Waals surface area (Å²) in [5, 5.41) is 0.755. The highest BCUT2D eigenvalue weighted by Crippen LogP contribution is 2.30. The van der Waals surface area contributed by atoms with E-state index in [0.717, 1.165) is 41.5 Å². The fraction of sp³-hybridized carbons (Fsp3) is 0.385. The Morgan fingerprint density at radius 2 is 2.18 bits per heavy atom. The summed E-state index contributed by atoms with van der Waals surface area (Å²) in [5.74, 6) is 1.11. The maximum atomic E-state index is 6.31. The molecule has 0 N–H and O–H groups in total. The third-order valence-corrected chi connectivity index (χ3v) is 3.20. The Morgan fingerprint density at radius 3 is 2.82 bits per heavy atom. The average Bonchev–Trinajstić information content (AvgIpc) is 2.77. The molecule has 0 bridgehead atoms. The highest BCUT2D eigenvalue weighted by molar-refractivity contribution is 6.34. The highest BCUT2D eigenvalue weighted by atomic mass is 35.5. The van der Waals surface area contributed by atoms with Crippen LogP contribution in [0.25, 0.3) is 0 Å². The second-order valence-electron chi connectivity index (χ2n) is 3.99. The lowest BCUT2D eigenvalue weighted by Gasteiger charge is -2.20. The molecule has 1 aliphatic rings. The minimum atomic E-state index is 0.755. The number of halogens is 1. The maximum Gasteiger partial charge on any atom is 0.103 e. The van der Waals surface area contributed by atoms with Crippen molar-refractivity contribution in [1.29, 1.82) is 0 Å². The van der Waals surface area contributed by atoms with E-state index in [0.29, 0.717) is 0 Å². The Kier molecular flexibility index (Phi) is 3.79. The molecule has 1 fully saturated rings. The van der Waals surface area contributed by atoms with Gasteiger partial charge in [-0.15, -0.1) is 0 Å². The van der Waals surface area contributed by atoms with Crippen LogP contribution in [0.3, 0.4) is 0 Å². The van der Waals surface area contributed by atoms with Crippen molar-refractivity contribution < 1.29 is 0 Å². The summed E-state index contributed by atoms with van der Waals surface area (Å²) < 4.78 is 0. The number of benzene rings is 1. The summed E-state index contributed by atoms with van der Waals surface area (Å²) in [6, 6.07) is 6.01. The quantitative estimate of drug-likeness (QED) is 0.741. The van der Waals surface area contributed by atoms with Crippen molar-refractivity contribution in [3.8, 4) is 0 Å². The Balaban J connectivity index is 2.33. The predicted octanol–water partition coefficient (Wildman–Crippen LogP) is 3.02. The van der Waals surface area contributed by atoms with E-state index in [9.17, 15) is 0 Å². The Morgan fingerprint density at radius 1 is 1.35 bits per heavy atom. The van der Waals surface area contributed by atoms with Crippen LogP contribution >= 0.6 is 11.6 Å². The zero-order valence-electron chi connectivity index (χ0n) is 10.2. The molecular weight excluding hydrogens is 234 g/mol. The molecule has 90 valence electrons. The smallest absolute Gasteiger partial charge is 0.103 e. The molecule has 17 heavy (non-hydrogen) atoms. The number of rotatable bonds is 2. The van der Waals surface area contributed by atoms with E-state index in [-0.39, 0.29) is 0 Å². The summed E-state index contributed by atoms with van der Waals surface area (Å²) in [7, 11) is 3.59. The maximum absolute atomic E-state index is 6.31. The van der Waals surface area contributed by atoms with E-state index in [4.69, 9.17) is 11.6 Å². The normalized spacial score (nSPS) is 18.5. The van der Waals surface area contributed by atoms with Gasteiger partial charge in [-0.3, -0.25) is 9.98 Å². The number of nitrogens with zero attached hydrogens (tertiary/aromatic N) is 3. The molecule has 4 heteroatoms. The van der Waals surface area contributed by atoms with Gasteiger partial charge in [-0.25, -0.2) is 0 Å². The molecule has 0 unspecified atom stereocenters. The van der Waals surface area contributed by atoms with Crippen LogP contribution < -0.4 is 4.90 Å². The van der Waals surface area contributed by atoms with Crippen LogP contribution in [0.15, 0.2) is 28.2 Å². The predicted molar refractivity (Wildman–Crippen MR) is 74.9 cm³/mol. The lowest BCUT2D eigenvalue weighted by atomic mass is 10.2. The van der Waals surface area contributed by atoms with Gasteiger partial charge < -0.3 is 4.90 Å². The first-order chi connectivity index (χ1) is 8.26. The van der Waals surface area contributed by atoms with Gasteiger partial charge in [-0.2, -0.15) is 0 Å². The van der Waals surface area contributed by atoms with Crippen molar-refractivity contribution in [3.63, 3.8) is 0 Å². The molecule has 1 aromatic rings. The largest absolute Gasteiger partial charge is 0.329 e. The minimum Gasteiger partial charge on any atom is -0.329 e. The standard InChI is InChI=1S/C13H16ClN3/c1-15-9-10-5-6-12(11(14)8-10)17-7-3-4-13(17)16-2/h5-6,8-9H,3-4,7H2,1-2H3. The first-order valence-corrected chi connectivity index (χ1v) is 6.09. The van der Waals surface area contributed by atoms with Gasteiger partial charge >= 0.3 is 0 Å². The van der Waals surface area contributed by atoms with Crippen molar-refractivity contribution >= 4 is 29.3 Å². The first kappa shape index (κ1) is 12.1. The van der Waals surface area contributed by atoms with Gasteiger partial charge in [-0.1, -0.05) is 17.7 Å². The second kappa shape index (κ2) is 5.32. The summed E-state index contributed by atoms with van der Waals surface area (Å²) in [6.07, 6.45) is 3.97. The Labute approximate surface area is 107 Å². The first-order valence-electron chi connectivity index (χ1n) is 5.71. The molecule has 0 atom stereocenters. The van der Waals surface area contributed by atoms with Crippen molar-refractivity contribution in [3.05, 3.63) is 28.8 Å². The van der Waals surface area contributed by atoms with Gasteiger partial charge in [0.15, 0.2) is 0 Å². The van der Waals surface area contributed by atoms with Crippen molar-refractivity contribution in [2.45, 2.75) is 12.8 Å². The molecular formula is C13H16ClN3. The summed E-state index contributed by atoms with van der Waals surface area (Å²) in [4.78, 5) is 10.5. The zero-order chi connectivity index (χ0) is 12.3. The Bertz CT molecular complexity index is 466. The second-order valence-corrected chi connectivity index (χ2v) is 4.40.